The van der Waals surface area contributed by atoms with E-state index in [1.165, 1.54) is 17.9 Å². The molecule has 1 saturated heterocycles. The van der Waals surface area contributed by atoms with Crippen molar-refractivity contribution in [3.8, 4) is 22.8 Å². The van der Waals surface area contributed by atoms with Crippen LogP contribution in [0.4, 0.5) is 0 Å². The van der Waals surface area contributed by atoms with Gasteiger partial charge in [0.2, 0.25) is 5.91 Å². The average molecular weight is 371 g/mol. The summed E-state index contributed by atoms with van der Waals surface area (Å²) in [5, 5.41) is 4.41. The lowest BCUT2D eigenvalue weighted by atomic mass is 10.0. The summed E-state index contributed by atoms with van der Waals surface area (Å²) in [6.45, 7) is 3.53. The Morgan fingerprint density at radius 1 is 1.22 bits per heavy atom. The molecule has 0 N–H and O–H groups in total. The minimum absolute atomic E-state index is 0.0707. The lowest BCUT2D eigenvalue weighted by Crippen LogP contribution is -2.42. The highest BCUT2D eigenvalue weighted by Crippen LogP contribution is 2.27. The van der Waals surface area contributed by atoms with E-state index < -0.39 is 0 Å². The molecule has 27 heavy (non-hydrogen) atoms. The number of benzene rings is 1. The van der Waals surface area contributed by atoms with Crippen molar-refractivity contribution >= 4 is 5.91 Å². The normalized spacial score (nSPS) is 16.9. The molecule has 2 heterocycles. The molecule has 0 saturated carbocycles. The van der Waals surface area contributed by atoms with E-state index in [0.717, 1.165) is 37.2 Å². The highest BCUT2D eigenvalue weighted by atomic mass is 16.5. The molecule has 1 unspecified atom stereocenters. The third-order valence-electron chi connectivity index (χ3n) is 4.84. The monoisotopic (exact) mass is 371 g/mol. The smallest absolute Gasteiger partial charge is 0.270 e. The van der Waals surface area contributed by atoms with E-state index in [2.05, 4.69) is 12.0 Å². The van der Waals surface area contributed by atoms with Gasteiger partial charge in [-0.3, -0.25) is 9.59 Å². The van der Waals surface area contributed by atoms with E-state index in [9.17, 15) is 9.59 Å². The van der Waals surface area contributed by atoms with Crippen LogP contribution in [-0.2, 0) is 11.3 Å². The van der Waals surface area contributed by atoms with Gasteiger partial charge < -0.3 is 14.4 Å². The van der Waals surface area contributed by atoms with Crippen molar-refractivity contribution in [1.82, 2.24) is 14.7 Å². The van der Waals surface area contributed by atoms with Crippen LogP contribution in [0.25, 0.3) is 11.3 Å². The van der Waals surface area contributed by atoms with Gasteiger partial charge in [0, 0.05) is 24.7 Å². The average Bonchev–Trinajstić information content (AvgIpc) is 2.69. The Morgan fingerprint density at radius 3 is 2.59 bits per heavy atom. The highest BCUT2D eigenvalue weighted by molar-refractivity contribution is 5.76. The second-order valence-corrected chi connectivity index (χ2v) is 6.87. The number of hydrogen-bond donors (Lipinski definition) is 0. The Kier molecular flexibility index (Phi) is 5.78. The topological polar surface area (TPSA) is 73.7 Å². The van der Waals surface area contributed by atoms with Gasteiger partial charge in [0.1, 0.15) is 18.0 Å². The molecule has 0 spiro atoms. The van der Waals surface area contributed by atoms with Crippen LogP contribution in [-0.4, -0.2) is 47.9 Å². The molecular formula is C20H25N3O4. The predicted octanol–water partition coefficient (Wildman–Crippen LogP) is 2.19. The van der Waals surface area contributed by atoms with Crippen LogP contribution in [0.3, 0.4) is 0 Å². The van der Waals surface area contributed by atoms with Crippen molar-refractivity contribution in [2.45, 2.75) is 26.3 Å². The third-order valence-corrected chi connectivity index (χ3v) is 4.84. The molecular weight excluding hydrogens is 346 g/mol. The molecule has 7 heteroatoms. The molecule has 1 aromatic carbocycles. The van der Waals surface area contributed by atoms with Gasteiger partial charge in [-0.1, -0.05) is 6.92 Å². The van der Waals surface area contributed by atoms with Crippen LogP contribution < -0.4 is 15.0 Å². The number of aromatic nitrogens is 2. The molecule has 1 fully saturated rings. The summed E-state index contributed by atoms with van der Waals surface area (Å²) in [4.78, 5) is 26.8. The SMILES string of the molecule is COc1ccc(-c2nn(CC(=O)N3CCCC(C)C3)c(=O)cc2OC)cc1. The minimum Gasteiger partial charge on any atom is -0.497 e. The summed E-state index contributed by atoms with van der Waals surface area (Å²) in [6.07, 6.45) is 2.13. The van der Waals surface area contributed by atoms with Crippen molar-refractivity contribution in [2.75, 3.05) is 27.3 Å². The van der Waals surface area contributed by atoms with E-state index in [0.29, 0.717) is 17.4 Å². The maximum absolute atomic E-state index is 12.6. The summed E-state index contributed by atoms with van der Waals surface area (Å²) in [6, 6.07) is 8.68. The number of likely N-dealkylation sites (tertiary alicyclic amines) is 1. The first kappa shape index (κ1) is 18.9. The molecule has 1 aliphatic rings. The number of nitrogens with zero attached hydrogens (tertiary/aromatic N) is 3. The number of amides is 1. The van der Waals surface area contributed by atoms with Gasteiger partial charge in [0.15, 0.2) is 5.75 Å². The van der Waals surface area contributed by atoms with Gasteiger partial charge in [0.05, 0.1) is 14.2 Å². The van der Waals surface area contributed by atoms with Gasteiger partial charge in [-0.05, 0) is 43.0 Å². The minimum atomic E-state index is -0.359. The van der Waals surface area contributed by atoms with Crippen LogP contribution in [0.5, 0.6) is 11.5 Å². The van der Waals surface area contributed by atoms with E-state index in [1.54, 1.807) is 7.11 Å². The number of hydrogen-bond acceptors (Lipinski definition) is 5. The quantitative estimate of drug-likeness (QED) is 0.805. The number of rotatable bonds is 5. The first-order chi connectivity index (χ1) is 13.0. The first-order valence-corrected chi connectivity index (χ1v) is 9.10. The molecule has 3 rings (SSSR count). The molecule has 1 aliphatic heterocycles. The Balaban J connectivity index is 1.89. The van der Waals surface area contributed by atoms with Crippen molar-refractivity contribution < 1.29 is 14.3 Å². The second-order valence-electron chi connectivity index (χ2n) is 6.87. The van der Waals surface area contributed by atoms with E-state index in [4.69, 9.17) is 9.47 Å². The van der Waals surface area contributed by atoms with Crippen molar-refractivity contribution in [3.05, 3.63) is 40.7 Å². The van der Waals surface area contributed by atoms with E-state index in [-0.39, 0.29) is 18.0 Å². The molecule has 7 nitrogen and oxygen atoms in total. The zero-order valence-electron chi connectivity index (χ0n) is 16.0. The zero-order chi connectivity index (χ0) is 19.4. The first-order valence-electron chi connectivity index (χ1n) is 9.10. The number of carbonyl (C=O) groups excluding carboxylic acids is 1. The Hall–Kier alpha value is -2.83. The molecule has 1 aromatic heterocycles. The summed E-state index contributed by atoms with van der Waals surface area (Å²) >= 11 is 0. The van der Waals surface area contributed by atoms with Crippen LogP contribution in [0.2, 0.25) is 0 Å². The van der Waals surface area contributed by atoms with Gasteiger partial charge >= 0.3 is 0 Å². The van der Waals surface area contributed by atoms with Gasteiger partial charge in [-0.25, -0.2) is 4.68 Å². The molecule has 0 radical (unpaired) electrons. The summed E-state index contributed by atoms with van der Waals surface area (Å²) in [5.41, 5.74) is 0.933. The standard InChI is InChI=1S/C20H25N3O4/c1-14-5-4-10-22(12-14)19(25)13-23-18(24)11-17(27-3)20(21-23)15-6-8-16(26-2)9-7-15/h6-9,11,14H,4-5,10,12-13H2,1-3H3. The summed E-state index contributed by atoms with van der Waals surface area (Å²) < 4.78 is 11.7. The molecule has 0 aliphatic carbocycles. The van der Waals surface area contributed by atoms with Gasteiger partial charge in [0.25, 0.3) is 5.56 Å². The molecule has 144 valence electrons. The number of carbonyl (C=O) groups is 1. The van der Waals surface area contributed by atoms with Crippen LogP contribution in [0.15, 0.2) is 35.1 Å². The van der Waals surface area contributed by atoms with Gasteiger partial charge in [-0.2, -0.15) is 5.10 Å². The Bertz CT molecular complexity index is 861. The lowest BCUT2D eigenvalue weighted by molar-refractivity contribution is -0.133. The van der Waals surface area contributed by atoms with Gasteiger partial charge in [-0.15, -0.1) is 0 Å². The highest BCUT2D eigenvalue weighted by Gasteiger charge is 2.22. The maximum atomic E-state index is 12.6. The Labute approximate surface area is 158 Å². The predicted molar refractivity (Wildman–Crippen MR) is 102 cm³/mol. The molecule has 1 atom stereocenters. The van der Waals surface area contributed by atoms with E-state index in [1.807, 2.05) is 29.2 Å². The van der Waals surface area contributed by atoms with Crippen molar-refractivity contribution in [1.29, 1.82) is 0 Å². The summed E-state index contributed by atoms with van der Waals surface area (Å²) in [7, 11) is 3.09. The zero-order valence-corrected chi connectivity index (χ0v) is 16.0. The fourth-order valence-electron chi connectivity index (χ4n) is 3.34. The van der Waals surface area contributed by atoms with E-state index >= 15 is 0 Å². The van der Waals surface area contributed by atoms with Crippen LogP contribution >= 0.6 is 0 Å². The lowest BCUT2D eigenvalue weighted by Gasteiger charge is -2.31. The van der Waals surface area contributed by atoms with Crippen molar-refractivity contribution in [2.24, 2.45) is 5.92 Å². The molecule has 2 aromatic rings. The van der Waals surface area contributed by atoms with Crippen LogP contribution in [0.1, 0.15) is 19.8 Å². The fourth-order valence-corrected chi connectivity index (χ4v) is 3.34. The summed E-state index contributed by atoms with van der Waals surface area (Å²) in [5.74, 6) is 1.50. The number of piperidine rings is 1. The largest absolute Gasteiger partial charge is 0.497 e. The molecule has 0 bridgehead atoms. The number of ether oxygens (including phenoxy) is 2. The van der Waals surface area contributed by atoms with Crippen LogP contribution in [0, 0.1) is 5.92 Å². The third kappa shape index (κ3) is 4.30. The number of methoxy groups -OCH3 is 2. The second kappa shape index (κ2) is 8.24. The van der Waals surface area contributed by atoms with Crippen molar-refractivity contribution in [3.63, 3.8) is 0 Å². The Morgan fingerprint density at radius 2 is 1.96 bits per heavy atom. The maximum Gasteiger partial charge on any atom is 0.270 e. The fraction of sp³-hybridized carbons (Fsp3) is 0.450. The molecule has 1 amide bonds.